The van der Waals surface area contributed by atoms with E-state index in [2.05, 4.69) is 42.2 Å². The zero-order chi connectivity index (χ0) is 23.5. The van der Waals surface area contributed by atoms with Gasteiger partial charge < -0.3 is 14.7 Å². The molecule has 0 aliphatic carbocycles. The maximum Gasteiger partial charge on any atom is 0.228 e. The molecule has 2 aliphatic heterocycles. The Morgan fingerprint density at radius 1 is 0.971 bits per heavy atom. The third kappa shape index (κ3) is 4.63. The molecule has 1 unspecified atom stereocenters. The minimum absolute atomic E-state index is 0.0404. The number of anilines is 2. The molecule has 34 heavy (non-hydrogen) atoms. The first-order valence-electron chi connectivity index (χ1n) is 12.4. The summed E-state index contributed by atoms with van der Waals surface area (Å²) in [5.41, 5.74) is 3.18. The first-order chi connectivity index (χ1) is 16.6. The van der Waals surface area contributed by atoms with Crippen LogP contribution in [0.4, 0.5) is 11.5 Å². The zero-order valence-electron chi connectivity index (χ0n) is 19.8. The number of hydrogen-bond donors (Lipinski definition) is 0. The number of carbonyl (C=O) groups excluding carboxylic acids is 2. The molecular formula is C28H32N4O2. The van der Waals surface area contributed by atoms with Gasteiger partial charge in [0.15, 0.2) is 0 Å². The molecule has 0 N–H and O–H groups in total. The van der Waals surface area contributed by atoms with Crippen LogP contribution in [0.5, 0.6) is 0 Å². The molecule has 2 aliphatic rings. The van der Waals surface area contributed by atoms with Gasteiger partial charge in [0, 0.05) is 50.2 Å². The first-order valence-corrected chi connectivity index (χ1v) is 12.4. The molecule has 6 nitrogen and oxygen atoms in total. The van der Waals surface area contributed by atoms with Gasteiger partial charge in [-0.25, -0.2) is 4.98 Å². The maximum absolute atomic E-state index is 13.2. The Hall–Kier alpha value is -3.41. The highest BCUT2D eigenvalue weighted by molar-refractivity contribution is 6.00. The summed E-state index contributed by atoms with van der Waals surface area (Å²) in [5.74, 6) is 0.827. The molecule has 0 spiro atoms. The molecule has 5 rings (SSSR count). The number of hydrogen-bond acceptors (Lipinski definition) is 4. The Labute approximate surface area is 201 Å². The van der Waals surface area contributed by atoms with Gasteiger partial charge >= 0.3 is 0 Å². The fourth-order valence-corrected chi connectivity index (χ4v) is 4.99. The zero-order valence-corrected chi connectivity index (χ0v) is 19.8. The van der Waals surface area contributed by atoms with Gasteiger partial charge in [-0.2, -0.15) is 0 Å². The van der Waals surface area contributed by atoms with Crippen LogP contribution in [-0.4, -0.2) is 54.4 Å². The van der Waals surface area contributed by atoms with Crippen LogP contribution in [0.3, 0.4) is 0 Å². The van der Waals surface area contributed by atoms with Crippen molar-refractivity contribution < 1.29 is 9.59 Å². The van der Waals surface area contributed by atoms with E-state index in [-0.39, 0.29) is 17.7 Å². The molecule has 1 atom stereocenters. The topological polar surface area (TPSA) is 56.8 Å². The molecule has 2 fully saturated rings. The quantitative estimate of drug-likeness (QED) is 0.556. The van der Waals surface area contributed by atoms with Crippen LogP contribution in [-0.2, 0) is 16.0 Å². The number of benzene rings is 2. The van der Waals surface area contributed by atoms with Crippen molar-refractivity contribution in [2.45, 2.75) is 32.6 Å². The second kappa shape index (κ2) is 9.84. The van der Waals surface area contributed by atoms with Gasteiger partial charge in [0.05, 0.1) is 11.4 Å². The highest BCUT2D eigenvalue weighted by Crippen LogP contribution is 2.28. The molecule has 0 radical (unpaired) electrons. The Balaban J connectivity index is 1.18. The van der Waals surface area contributed by atoms with Crippen molar-refractivity contribution in [3.8, 4) is 0 Å². The van der Waals surface area contributed by atoms with Crippen LogP contribution in [0.2, 0.25) is 0 Å². The van der Waals surface area contributed by atoms with Gasteiger partial charge in [0.2, 0.25) is 11.8 Å². The van der Waals surface area contributed by atoms with E-state index in [1.54, 1.807) is 4.90 Å². The van der Waals surface area contributed by atoms with Crippen molar-refractivity contribution in [2.75, 3.05) is 42.5 Å². The molecular weight excluding hydrogens is 424 g/mol. The number of carbonyl (C=O) groups is 2. The van der Waals surface area contributed by atoms with Gasteiger partial charge in [0.1, 0.15) is 5.82 Å². The second-order valence-corrected chi connectivity index (χ2v) is 9.35. The fourth-order valence-electron chi connectivity index (χ4n) is 4.99. The number of pyridine rings is 1. The molecule has 0 bridgehead atoms. The third-order valence-electron chi connectivity index (χ3n) is 7.04. The van der Waals surface area contributed by atoms with E-state index in [9.17, 15) is 9.59 Å². The highest BCUT2D eigenvalue weighted by Gasteiger charge is 2.38. The Kier molecular flexibility index (Phi) is 6.48. The molecule has 176 valence electrons. The van der Waals surface area contributed by atoms with Crippen molar-refractivity contribution >= 4 is 34.2 Å². The number of aryl methyl sites for hydroxylation is 1. The Morgan fingerprint density at radius 2 is 1.74 bits per heavy atom. The Morgan fingerprint density at radius 3 is 2.50 bits per heavy atom. The summed E-state index contributed by atoms with van der Waals surface area (Å²) in [6.07, 6.45) is 3.70. The summed E-state index contributed by atoms with van der Waals surface area (Å²) in [6, 6.07) is 20.5. The first kappa shape index (κ1) is 22.4. The summed E-state index contributed by atoms with van der Waals surface area (Å²) in [6.45, 7) is 5.47. The summed E-state index contributed by atoms with van der Waals surface area (Å²) < 4.78 is 0. The minimum Gasteiger partial charge on any atom is -0.353 e. The van der Waals surface area contributed by atoms with Crippen molar-refractivity contribution in [3.63, 3.8) is 0 Å². The Bertz CT molecular complexity index is 1170. The average Bonchev–Trinajstić information content (AvgIpc) is 3.28. The number of amides is 2. The third-order valence-corrected chi connectivity index (χ3v) is 7.04. The SMILES string of the molecule is CCCCc1ccc(N2CC(C(=O)N3CCN(c4ccc5ccccc5n4)CC3)CC2=O)cc1. The molecule has 1 aromatic heterocycles. The van der Waals surface area contributed by atoms with E-state index < -0.39 is 0 Å². The van der Waals surface area contributed by atoms with Crippen molar-refractivity contribution in [3.05, 3.63) is 66.2 Å². The van der Waals surface area contributed by atoms with E-state index >= 15 is 0 Å². The van der Waals surface area contributed by atoms with Gasteiger partial charge in [-0.15, -0.1) is 0 Å². The number of unbranched alkanes of at least 4 members (excludes halogenated alkanes) is 1. The summed E-state index contributed by atoms with van der Waals surface area (Å²) in [5, 5.41) is 1.13. The highest BCUT2D eigenvalue weighted by atomic mass is 16.2. The van der Waals surface area contributed by atoms with Crippen LogP contribution in [0.15, 0.2) is 60.7 Å². The maximum atomic E-state index is 13.2. The lowest BCUT2D eigenvalue weighted by atomic mass is 10.1. The van der Waals surface area contributed by atoms with Crippen molar-refractivity contribution in [1.82, 2.24) is 9.88 Å². The van der Waals surface area contributed by atoms with Gasteiger partial charge in [-0.1, -0.05) is 43.7 Å². The number of fused-ring (bicyclic) bond motifs is 1. The predicted molar refractivity (Wildman–Crippen MR) is 136 cm³/mol. The normalized spacial score (nSPS) is 18.7. The minimum atomic E-state index is -0.266. The van der Waals surface area contributed by atoms with E-state index in [1.807, 2.05) is 35.2 Å². The number of piperazine rings is 1. The second-order valence-electron chi connectivity index (χ2n) is 9.35. The number of aromatic nitrogens is 1. The molecule has 0 saturated carbocycles. The molecule has 6 heteroatoms. The summed E-state index contributed by atoms with van der Waals surface area (Å²) >= 11 is 0. The average molecular weight is 457 g/mol. The number of nitrogens with zero attached hydrogens (tertiary/aromatic N) is 4. The van der Waals surface area contributed by atoms with E-state index in [1.165, 1.54) is 18.4 Å². The van der Waals surface area contributed by atoms with Gasteiger partial charge in [-0.05, 0) is 48.7 Å². The van der Waals surface area contributed by atoms with E-state index in [0.717, 1.165) is 41.9 Å². The fraction of sp³-hybridized carbons (Fsp3) is 0.393. The van der Waals surface area contributed by atoms with Crippen LogP contribution in [0.25, 0.3) is 10.9 Å². The smallest absolute Gasteiger partial charge is 0.228 e. The number of para-hydroxylation sites is 1. The van der Waals surface area contributed by atoms with Crippen LogP contribution in [0.1, 0.15) is 31.7 Å². The van der Waals surface area contributed by atoms with Crippen LogP contribution < -0.4 is 9.80 Å². The van der Waals surface area contributed by atoms with Crippen LogP contribution in [0, 0.1) is 5.92 Å². The lowest BCUT2D eigenvalue weighted by Crippen LogP contribution is -2.51. The monoisotopic (exact) mass is 456 g/mol. The van der Waals surface area contributed by atoms with E-state index in [4.69, 9.17) is 4.98 Å². The molecule has 2 saturated heterocycles. The molecule has 2 amide bonds. The predicted octanol–water partition coefficient (Wildman–Crippen LogP) is 4.28. The lowest BCUT2D eigenvalue weighted by molar-refractivity contribution is -0.136. The summed E-state index contributed by atoms with van der Waals surface area (Å²) in [4.78, 5) is 36.7. The van der Waals surface area contributed by atoms with Gasteiger partial charge in [0.25, 0.3) is 0 Å². The lowest BCUT2D eigenvalue weighted by Gasteiger charge is -2.36. The van der Waals surface area contributed by atoms with Crippen molar-refractivity contribution in [2.24, 2.45) is 5.92 Å². The van der Waals surface area contributed by atoms with Crippen LogP contribution >= 0.6 is 0 Å². The largest absolute Gasteiger partial charge is 0.353 e. The molecule has 2 aromatic carbocycles. The standard InChI is InChI=1S/C28H32N4O2/c1-2-3-6-21-9-12-24(13-10-21)32-20-23(19-27(32)33)28(34)31-17-15-30(16-18-31)26-14-11-22-7-4-5-8-25(22)29-26/h4-5,7-14,23H,2-3,6,15-20H2,1H3. The van der Waals surface area contributed by atoms with E-state index in [0.29, 0.717) is 26.1 Å². The summed E-state index contributed by atoms with van der Waals surface area (Å²) in [7, 11) is 0. The molecule has 3 aromatic rings. The number of rotatable bonds is 6. The molecule has 3 heterocycles. The van der Waals surface area contributed by atoms with Gasteiger partial charge in [-0.3, -0.25) is 9.59 Å². The van der Waals surface area contributed by atoms with Crippen molar-refractivity contribution in [1.29, 1.82) is 0 Å².